The van der Waals surface area contributed by atoms with Crippen LogP contribution in [0.3, 0.4) is 0 Å². The zero-order chi connectivity index (χ0) is 16.3. The van der Waals surface area contributed by atoms with Crippen molar-refractivity contribution < 1.29 is 4.79 Å². The van der Waals surface area contributed by atoms with Gasteiger partial charge >= 0.3 is 0 Å². The number of aromatic nitrogens is 3. The average Bonchev–Trinajstić information content (AvgIpc) is 2.79. The highest BCUT2D eigenvalue weighted by Crippen LogP contribution is 2.15. The zero-order valence-electron chi connectivity index (χ0n) is 13.9. The Hall–Kier alpha value is -2.17. The number of rotatable bonds is 5. The molecule has 0 unspecified atom stereocenters. The molecule has 118 valence electrons. The first-order chi connectivity index (χ1) is 10.4. The van der Waals surface area contributed by atoms with Crippen LogP contribution in [-0.2, 0) is 13.5 Å². The molecule has 1 atom stereocenters. The molecule has 0 aromatic carbocycles. The molecule has 1 N–H and O–H groups in total. The number of hydrogen-bond donors (Lipinski definition) is 1. The van der Waals surface area contributed by atoms with E-state index in [1.54, 1.807) is 17.9 Å². The zero-order valence-corrected chi connectivity index (χ0v) is 13.9. The standard InChI is InChI=1S/C17H24N4O/c1-11(2)9-14-10-15(21(5)20-14)17(22)19-13(4)16-12(3)7-6-8-18-16/h6-8,10-11,13H,9H2,1-5H3,(H,19,22)/t13-/m0/s1. The number of nitrogens with one attached hydrogen (secondary N) is 1. The van der Waals surface area contributed by atoms with Crippen molar-refractivity contribution in [3.8, 4) is 0 Å². The Morgan fingerprint density at radius 3 is 2.73 bits per heavy atom. The lowest BCUT2D eigenvalue weighted by Crippen LogP contribution is -2.29. The fourth-order valence-electron chi connectivity index (χ4n) is 2.55. The van der Waals surface area contributed by atoms with Gasteiger partial charge in [0.1, 0.15) is 5.69 Å². The van der Waals surface area contributed by atoms with Gasteiger partial charge in [-0.1, -0.05) is 19.9 Å². The van der Waals surface area contributed by atoms with Crippen LogP contribution < -0.4 is 5.32 Å². The van der Waals surface area contributed by atoms with Crippen molar-refractivity contribution in [1.29, 1.82) is 0 Å². The highest BCUT2D eigenvalue weighted by atomic mass is 16.2. The van der Waals surface area contributed by atoms with Crippen LogP contribution in [0.4, 0.5) is 0 Å². The summed E-state index contributed by atoms with van der Waals surface area (Å²) in [4.78, 5) is 16.8. The topological polar surface area (TPSA) is 59.8 Å². The Balaban J connectivity index is 2.12. The number of carbonyl (C=O) groups is 1. The SMILES string of the molecule is Cc1cccnc1[C@H](C)NC(=O)c1cc(CC(C)C)nn1C. The van der Waals surface area contributed by atoms with Crippen molar-refractivity contribution in [1.82, 2.24) is 20.1 Å². The van der Waals surface area contributed by atoms with E-state index in [9.17, 15) is 4.79 Å². The van der Waals surface area contributed by atoms with E-state index in [0.717, 1.165) is 23.4 Å². The average molecular weight is 300 g/mol. The van der Waals surface area contributed by atoms with Gasteiger partial charge in [0, 0.05) is 13.2 Å². The molecule has 0 spiro atoms. The van der Waals surface area contributed by atoms with Crippen LogP contribution in [-0.4, -0.2) is 20.7 Å². The van der Waals surface area contributed by atoms with E-state index < -0.39 is 0 Å². The number of pyridine rings is 1. The third kappa shape index (κ3) is 3.72. The van der Waals surface area contributed by atoms with Crippen molar-refractivity contribution in [2.24, 2.45) is 13.0 Å². The van der Waals surface area contributed by atoms with Gasteiger partial charge in [0.05, 0.1) is 17.4 Å². The van der Waals surface area contributed by atoms with E-state index in [0.29, 0.717) is 11.6 Å². The molecule has 5 heteroatoms. The van der Waals surface area contributed by atoms with Gasteiger partial charge in [0.15, 0.2) is 0 Å². The summed E-state index contributed by atoms with van der Waals surface area (Å²) < 4.78 is 1.64. The minimum absolute atomic E-state index is 0.123. The van der Waals surface area contributed by atoms with Gasteiger partial charge in [-0.05, 0) is 43.9 Å². The highest BCUT2D eigenvalue weighted by molar-refractivity contribution is 5.92. The largest absolute Gasteiger partial charge is 0.343 e. The molecule has 2 aromatic rings. The Morgan fingerprint density at radius 1 is 1.36 bits per heavy atom. The predicted octanol–water partition coefficient (Wildman–Crippen LogP) is 2.81. The molecular weight excluding hydrogens is 276 g/mol. The molecule has 0 saturated carbocycles. The molecule has 2 aromatic heterocycles. The quantitative estimate of drug-likeness (QED) is 0.923. The molecule has 2 rings (SSSR count). The van der Waals surface area contributed by atoms with Crippen LogP contribution in [0.25, 0.3) is 0 Å². The first kappa shape index (κ1) is 16.2. The summed E-state index contributed by atoms with van der Waals surface area (Å²) in [6.45, 7) is 8.22. The summed E-state index contributed by atoms with van der Waals surface area (Å²) >= 11 is 0. The lowest BCUT2D eigenvalue weighted by molar-refractivity contribution is 0.0929. The fourth-order valence-corrected chi connectivity index (χ4v) is 2.55. The summed E-state index contributed by atoms with van der Waals surface area (Å²) in [7, 11) is 1.80. The van der Waals surface area contributed by atoms with Crippen LogP contribution in [0.1, 0.15) is 54.3 Å². The lowest BCUT2D eigenvalue weighted by Gasteiger charge is -2.15. The second kappa shape index (κ2) is 6.73. The highest BCUT2D eigenvalue weighted by Gasteiger charge is 2.18. The van der Waals surface area contributed by atoms with E-state index in [1.165, 1.54) is 0 Å². The van der Waals surface area contributed by atoms with Crippen molar-refractivity contribution in [2.75, 3.05) is 0 Å². The maximum atomic E-state index is 12.5. The first-order valence-corrected chi connectivity index (χ1v) is 7.63. The molecule has 0 saturated heterocycles. The Kier molecular flexibility index (Phi) is 4.96. The van der Waals surface area contributed by atoms with Gasteiger partial charge in [-0.2, -0.15) is 5.10 Å². The summed E-state index contributed by atoms with van der Waals surface area (Å²) in [6.07, 6.45) is 2.62. The normalized spacial score (nSPS) is 12.5. The molecule has 1 amide bonds. The predicted molar refractivity (Wildman–Crippen MR) is 86.6 cm³/mol. The minimum atomic E-state index is -0.142. The van der Waals surface area contributed by atoms with Crippen molar-refractivity contribution in [3.05, 3.63) is 47.0 Å². The Bertz CT molecular complexity index is 660. The maximum absolute atomic E-state index is 12.5. The summed E-state index contributed by atoms with van der Waals surface area (Å²) in [5.74, 6) is 0.392. The van der Waals surface area contributed by atoms with Crippen LogP contribution >= 0.6 is 0 Å². The summed E-state index contributed by atoms with van der Waals surface area (Å²) in [5, 5.41) is 7.41. The monoisotopic (exact) mass is 300 g/mol. The van der Waals surface area contributed by atoms with Gasteiger partial charge in [-0.15, -0.1) is 0 Å². The van der Waals surface area contributed by atoms with E-state index in [-0.39, 0.29) is 11.9 Å². The molecule has 0 fully saturated rings. The first-order valence-electron chi connectivity index (χ1n) is 7.63. The number of carbonyl (C=O) groups excluding carboxylic acids is 1. The number of aryl methyl sites for hydroxylation is 2. The Morgan fingerprint density at radius 2 is 2.09 bits per heavy atom. The van der Waals surface area contributed by atoms with E-state index in [1.807, 2.05) is 32.0 Å². The summed E-state index contributed by atoms with van der Waals surface area (Å²) in [6, 6.07) is 5.62. The van der Waals surface area contributed by atoms with Gasteiger partial charge in [0.25, 0.3) is 5.91 Å². The molecule has 22 heavy (non-hydrogen) atoms. The molecule has 0 bridgehead atoms. The minimum Gasteiger partial charge on any atom is -0.343 e. The fraction of sp³-hybridized carbons (Fsp3) is 0.471. The lowest BCUT2D eigenvalue weighted by atomic mass is 10.1. The smallest absolute Gasteiger partial charge is 0.270 e. The molecule has 2 heterocycles. The van der Waals surface area contributed by atoms with Crippen molar-refractivity contribution >= 4 is 5.91 Å². The van der Waals surface area contributed by atoms with Gasteiger partial charge in [0.2, 0.25) is 0 Å². The van der Waals surface area contributed by atoms with Gasteiger partial charge < -0.3 is 5.32 Å². The molecule has 0 radical (unpaired) electrons. The van der Waals surface area contributed by atoms with E-state index >= 15 is 0 Å². The second-order valence-electron chi connectivity index (χ2n) is 6.14. The van der Waals surface area contributed by atoms with Gasteiger partial charge in [-0.25, -0.2) is 0 Å². The second-order valence-corrected chi connectivity index (χ2v) is 6.14. The Labute approximate surface area is 131 Å². The van der Waals surface area contributed by atoms with Crippen molar-refractivity contribution in [2.45, 2.75) is 40.2 Å². The van der Waals surface area contributed by atoms with Crippen LogP contribution in [0.2, 0.25) is 0 Å². The molecule has 5 nitrogen and oxygen atoms in total. The molecular formula is C17H24N4O. The maximum Gasteiger partial charge on any atom is 0.270 e. The molecule has 0 aliphatic carbocycles. The number of amides is 1. The number of nitrogens with zero attached hydrogens (tertiary/aromatic N) is 3. The third-order valence-corrected chi connectivity index (χ3v) is 3.59. The van der Waals surface area contributed by atoms with E-state index in [2.05, 4.69) is 29.2 Å². The number of hydrogen-bond acceptors (Lipinski definition) is 3. The van der Waals surface area contributed by atoms with Crippen LogP contribution in [0.5, 0.6) is 0 Å². The molecule has 0 aliphatic heterocycles. The van der Waals surface area contributed by atoms with Crippen molar-refractivity contribution in [3.63, 3.8) is 0 Å². The van der Waals surface area contributed by atoms with Crippen LogP contribution in [0, 0.1) is 12.8 Å². The van der Waals surface area contributed by atoms with Crippen LogP contribution in [0.15, 0.2) is 24.4 Å². The molecule has 0 aliphatic rings. The third-order valence-electron chi connectivity index (χ3n) is 3.59. The van der Waals surface area contributed by atoms with E-state index in [4.69, 9.17) is 0 Å². The summed E-state index contributed by atoms with van der Waals surface area (Å²) in [5.41, 5.74) is 3.49. The van der Waals surface area contributed by atoms with Gasteiger partial charge in [-0.3, -0.25) is 14.5 Å².